The largest absolute Gasteiger partial charge is 0.330 e. The molecule has 0 aromatic rings. The van der Waals surface area contributed by atoms with Crippen LogP contribution in [0.1, 0.15) is 33.1 Å². The van der Waals surface area contributed by atoms with Gasteiger partial charge in [-0.25, -0.2) is 0 Å². The van der Waals surface area contributed by atoms with E-state index in [1.807, 2.05) is 0 Å². The summed E-state index contributed by atoms with van der Waals surface area (Å²) in [6.45, 7) is 10.3. The quantitative estimate of drug-likeness (QED) is 0.713. The maximum atomic E-state index is 5.59. The Morgan fingerprint density at radius 3 is 2.88 bits per heavy atom. The number of likely N-dealkylation sites (tertiary alicyclic amines) is 1. The highest BCUT2D eigenvalue weighted by atomic mass is 15.2. The molecule has 0 aliphatic carbocycles. The molecule has 96 valence electrons. The van der Waals surface area contributed by atoms with Gasteiger partial charge >= 0.3 is 0 Å². The molecule has 0 aromatic carbocycles. The SMILES string of the molecule is CCN1CCCC1CN(C)CC(C)CCN. The van der Waals surface area contributed by atoms with Gasteiger partial charge in [0, 0.05) is 19.1 Å². The monoisotopic (exact) mass is 227 g/mol. The Bertz CT molecular complexity index is 184. The van der Waals surface area contributed by atoms with Gasteiger partial charge in [-0.05, 0) is 51.9 Å². The van der Waals surface area contributed by atoms with Gasteiger partial charge in [-0.15, -0.1) is 0 Å². The smallest absolute Gasteiger partial charge is 0.0223 e. The van der Waals surface area contributed by atoms with Crippen LogP contribution in [-0.2, 0) is 0 Å². The molecule has 2 atom stereocenters. The first-order valence-electron chi connectivity index (χ1n) is 6.80. The van der Waals surface area contributed by atoms with Gasteiger partial charge < -0.3 is 10.6 Å². The fourth-order valence-electron chi connectivity index (χ4n) is 2.86. The number of nitrogens with zero attached hydrogens (tertiary/aromatic N) is 2. The van der Waals surface area contributed by atoms with Gasteiger partial charge in [0.25, 0.3) is 0 Å². The van der Waals surface area contributed by atoms with Crippen molar-refractivity contribution in [1.82, 2.24) is 9.80 Å². The van der Waals surface area contributed by atoms with Crippen molar-refractivity contribution in [1.29, 1.82) is 0 Å². The van der Waals surface area contributed by atoms with E-state index in [4.69, 9.17) is 5.73 Å². The highest BCUT2D eigenvalue weighted by molar-refractivity contribution is 4.80. The number of hydrogen-bond donors (Lipinski definition) is 1. The van der Waals surface area contributed by atoms with Crippen LogP contribution < -0.4 is 5.73 Å². The fraction of sp³-hybridized carbons (Fsp3) is 1.00. The van der Waals surface area contributed by atoms with E-state index in [-0.39, 0.29) is 0 Å². The van der Waals surface area contributed by atoms with Crippen molar-refractivity contribution in [3.63, 3.8) is 0 Å². The zero-order valence-corrected chi connectivity index (χ0v) is 11.3. The lowest BCUT2D eigenvalue weighted by atomic mass is 10.1. The van der Waals surface area contributed by atoms with Gasteiger partial charge in [0.15, 0.2) is 0 Å². The van der Waals surface area contributed by atoms with Crippen LogP contribution in [0.5, 0.6) is 0 Å². The first-order chi connectivity index (χ1) is 7.67. The van der Waals surface area contributed by atoms with Gasteiger partial charge in [0.05, 0.1) is 0 Å². The molecular formula is C13H29N3. The van der Waals surface area contributed by atoms with E-state index in [9.17, 15) is 0 Å². The molecule has 3 heteroatoms. The van der Waals surface area contributed by atoms with Crippen LogP contribution in [0.3, 0.4) is 0 Å². The molecule has 2 N–H and O–H groups in total. The van der Waals surface area contributed by atoms with E-state index in [0.717, 1.165) is 24.9 Å². The Balaban J connectivity index is 2.24. The summed E-state index contributed by atoms with van der Waals surface area (Å²) in [6, 6.07) is 0.792. The van der Waals surface area contributed by atoms with E-state index >= 15 is 0 Å². The standard InChI is InChI=1S/C13H29N3/c1-4-16-9-5-6-13(16)11-15(3)10-12(2)7-8-14/h12-13H,4-11,14H2,1-3H3. The average Bonchev–Trinajstić information content (AvgIpc) is 2.65. The Morgan fingerprint density at radius 1 is 1.50 bits per heavy atom. The van der Waals surface area contributed by atoms with E-state index in [1.54, 1.807) is 0 Å². The first kappa shape index (κ1) is 13.9. The summed E-state index contributed by atoms with van der Waals surface area (Å²) in [5.74, 6) is 0.728. The van der Waals surface area contributed by atoms with Gasteiger partial charge in [0.1, 0.15) is 0 Å². The molecule has 1 saturated heterocycles. The maximum absolute atomic E-state index is 5.59. The van der Waals surface area contributed by atoms with E-state index in [1.165, 1.54) is 39.0 Å². The summed E-state index contributed by atoms with van der Waals surface area (Å²) in [5.41, 5.74) is 5.59. The highest BCUT2D eigenvalue weighted by Crippen LogP contribution is 2.17. The molecule has 1 fully saturated rings. The lowest BCUT2D eigenvalue weighted by Crippen LogP contribution is -2.40. The molecule has 0 bridgehead atoms. The minimum atomic E-state index is 0.728. The number of nitrogens with two attached hydrogens (primary N) is 1. The molecule has 3 nitrogen and oxygen atoms in total. The predicted octanol–water partition coefficient (Wildman–Crippen LogP) is 1.39. The van der Waals surface area contributed by atoms with Crippen molar-refractivity contribution in [2.75, 3.05) is 39.8 Å². The summed E-state index contributed by atoms with van der Waals surface area (Å²) in [7, 11) is 2.25. The molecule has 0 spiro atoms. The topological polar surface area (TPSA) is 32.5 Å². The van der Waals surface area contributed by atoms with Crippen LogP contribution in [0.15, 0.2) is 0 Å². The van der Waals surface area contributed by atoms with Crippen LogP contribution >= 0.6 is 0 Å². The van der Waals surface area contributed by atoms with E-state index in [0.29, 0.717) is 0 Å². The highest BCUT2D eigenvalue weighted by Gasteiger charge is 2.24. The number of rotatable bonds is 7. The molecule has 1 heterocycles. The number of hydrogen-bond acceptors (Lipinski definition) is 3. The summed E-state index contributed by atoms with van der Waals surface area (Å²) < 4.78 is 0. The Kier molecular flexibility index (Phi) is 6.32. The summed E-state index contributed by atoms with van der Waals surface area (Å²) in [4.78, 5) is 5.10. The van der Waals surface area contributed by atoms with Crippen molar-refractivity contribution in [2.24, 2.45) is 11.7 Å². The van der Waals surface area contributed by atoms with E-state index in [2.05, 4.69) is 30.7 Å². The zero-order valence-electron chi connectivity index (χ0n) is 11.3. The van der Waals surface area contributed by atoms with Crippen LogP contribution in [0, 0.1) is 5.92 Å². The van der Waals surface area contributed by atoms with Gasteiger partial charge in [-0.2, -0.15) is 0 Å². The molecule has 0 amide bonds. The molecule has 1 aliphatic rings. The van der Waals surface area contributed by atoms with Gasteiger partial charge in [-0.1, -0.05) is 13.8 Å². The first-order valence-corrected chi connectivity index (χ1v) is 6.80. The summed E-state index contributed by atoms with van der Waals surface area (Å²) in [6.07, 6.45) is 3.90. The number of likely N-dealkylation sites (N-methyl/N-ethyl adjacent to an activating group) is 2. The van der Waals surface area contributed by atoms with Crippen molar-refractivity contribution in [3.05, 3.63) is 0 Å². The summed E-state index contributed by atoms with van der Waals surface area (Å²) in [5, 5.41) is 0. The third kappa shape index (κ3) is 4.40. The molecule has 0 saturated carbocycles. The lowest BCUT2D eigenvalue weighted by molar-refractivity contribution is 0.184. The Morgan fingerprint density at radius 2 is 2.25 bits per heavy atom. The second-order valence-corrected chi connectivity index (χ2v) is 5.33. The van der Waals surface area contributed by atoms with Crippen molar-refractivity contribution in [3.8, 4) is 0 Å². The second-order valence-electron chi connectivity index (χ2n) is 5.33. The molecule has 0 aromatic heterocycles. The summed E-state index contributed by atoms with van der Waals surface area (Å²) >= 11 is 0. The molecule has 2 unspecified atom stereocenters. The predicted molar refractivity (Wildman–Crippen MR) is 70.6 cm³/mol. The Labute approximate surface area is 101 Å². The van der Waals surface area contributed by atoms with Crippen molar-refractivity contribution < 1.29 is 0 Å². The minimum absolute atomic E-state index is 0.728. The fourth-order valence-corrected chi connectivity index (χ4v) is 2.86. The van der Waals surface area contributed by atoms with Gasteiger partial charge in [0.2, 0.25) is 0 Å². The molecule has 1 aliphatic heterocycles. The van der Waals surface area contributed by atoms with Gasteiger partial charge in [-0.3, -0.25) is 4.90 Å². The minimum Gasteiger partial charge on any atom is -0.330 e. The molecule has 1 rings (SSSR count). The van der Waals surface area contributed by atoms with Crippen LogP contribution in [-0.4, -0.2) is 55.6 Å². The molecule has 16 heavy (non-hydrogen) atoms. The van der Waals surface area contributed by atoms with Crippen LogP contribution in [0.25, 0.3) is 0 Å². The van der Waals surface area contributed by atoms with E-state index < -0.39 is 0 Å². The lowest BCUT2D eigenvalue weighted by Gasteiger charge is -2.29. The van der Waals surface area contributed by atoms with Crippen LogP contribution in [0.2, 0.25) is 0 Å². The zero-order chi connectivity index (χ0) is 12.0. The second kappa shape index (κ2) is 7.25. The van der Waals surface area contributed by atoms with Crippen LogP contribution in [0.4, 0.5) is 0 Å². The normalized spacial score (nSPS) is 24.2. The average molecular weight is 227 g/mol. The molecule has 0 radical (unpaired) electrons. The Hall–Kier alpha value is -0.120. The van der Waals surface area contributed by atoms with Crippen molar-refractivity contribution in [2.45, 2.75) is 39.2 Å². The third-order valence-corrected chi connectivity index (χ3v) is 3.71. The van der Waals surface area contributed by atoms with Crippen molar-refractivity contribution >= 4 is 0 Å². The molecular weight excluding hydrogens is 198 g/mol. The third-order valence-electron chi connectivity index (χ3n) is 3.71. The maximum Gasteiger partial charge on any atom is 0.0223 e.